The maximum absolute atomic E-state index is 11.6. The van der Waals surface area contributed by atoms with Crippen LogP contribution in [0.4, 0.5) is 4.79 Å². The molecule has 0 aromatic heterocycles. The first-order valence-corrected chi connectivity index (χ1v) is 6.82. The van der Waals surface area contributed by atoms with Crippen LogP contribution in [0.2, 0.25) is 0 Å². The minimum atomic E-state index is -0.477. The van der Waals surface area contributed by atoms with Crippen LogP contribution in [0.25, 0.3) is 0 Å². The quantitative estimate of drug-likeness (QED) is 0.711. The summed E-state index contributed by atoms with van der Waals surface area (Å²) in [5, 5.41) is 12.2. The third-order valence-electron chi connectivity index (χ3n) is 3.05. The first kappa shape index (κ1) is 15.7. The lowest BCUT2D eigenvalue weighted by molar-refractivity contribution is 0.140. The van der Waals surface area contributed by atoms with E-state index in [9.17, 15) is 9.90 Å². The lowest BCUT2D eigenvalue weighted by Gasteiger charge is -2.08. The highest BCUT2D eigenvalue weighted by Gasteiger charge is 2.05. The van der Waals surface area contributed by atoms with Crippen LogP contribution in [0.1, 0.15) is 11.1 Å². The molecule has 2 aromatic rings. The molecule has 0 fully saturated rings. The van der Waals surface area contributed by atoms with Crippen LogP contribution < -0.4 is 16.1 Å². The Kier molecular flexibility index (Phi) is 5.62. The number of phenols is 1. The summed E-state index contributed by atoms with van der Waals surface area (Å²) in [6.07, 6.45) is 0.0775. The number of hydrogen-bond donors (Lipinski definition) is 3. The van der Waals surface area contributed by atoms with Crippen LogP contribution in [0.3, 0.4) is 0 Å². The second-order valence-electron chi connectivity index (χ2n) is 4.66. The van der Waals surface area contributed by atoms with Crippen LogP contribution in [-0.4, -0.2) is 17.7 Å². The number of amides is 1. The zero-order chi connectivity index (χ0) is 15.8. The Bertz CT molecular complexity index is 617. The molecule has 2 aromatic carbocycles. The first-order chi connectivity index (χ1) is 10.7. The Morgan fingerprint density at radius 1 is 1.14 bits per heavy atom. The summed E-state index contributed by atoms with van der Waals surface area (Å²) in [5.41, 5.74) is 1.78. The van der Waals surface area contributed by atoms with Gasteiger partial charge in [0, 0.05) is 6.54 Å². The molecule has 116 valence electrons. The molecular weight excluding hydrogens is 284 g/mol. The number of benzene rings is 2. The van der Waals surface area contributed by atoms with E-state index < -0.39 is 6.09 Å². The van der Waals surface area contributed by atoms with Crippen molar-refractivity contribution < 1.29 is 19.5 Å². The van der Waals surface area contributed by atoms with Crippen LogP contribution in [0, 0.1) is 0 Å². The molecule has 0 aliphatic carbocycles. The molecule has 0 aliphatic rings. The zero-order valence-electron chi connectivity index (χ0n) is 12.0. The van der Waals surface area contributed by atoms with Crippen LogP contribution >= 0.6 is 0 Å². The van der Waals surface area contributed by atoms with Gasteiger partial charge in [0.25, 0.3) is 0 Å². The third kappa shape index (κ3) is 4.68. The summed E-state index contributed by atoms with van der Waals surface area (Å²) in [4.78, 5) is 16.0. The van der Waals surface area contributed by atoms with E-state index in [1.54, 1.807) is 18.2 Å². The average Bonchev–Trinajstić information content (AvgIpc) is 2.54. The predicted molar refractivity (Wildman–Crippen MR) is 81.3 cm³/mol. The average molecular weight is 302 g/mol. The molecule has 0 saturated carbocycles. The number of phenolic OH excluding ortho intramolecular Hbond substituents is 1. The molecule has 0 aliphatic heterocycles. The summed E-state index contributed by atoms with van der Waals surface area (Å²) in [5.74, 6) is 5.16. The standard InChI is InChI=1S/C16H18N2O4/c17-22-15-7-6-12(10-14(15)19)8-9-18-16(20)21-11-13-4-2-1-3-5-13/h1-7,10,19H,8-9,11,17H2,(H,18,20). The Labute approximate surface area is 128 Å². The van der Waals surface area contributed by atoms with Crippen LogP contribution in [0.5, 0.6) is 11.5 Å². The van der Waals surface area contributed by atoms with Gasteiger partial charge < -0.3 is 20.0 Å². The van der Waals surface area contributed by atoms with E-state index in [2.05, 4.69) is 10.2 Å². The monoisotopic (exact) mass is 302 g/mol. The van der Waals surface area contributed by atoms with Crippen molar-refractivity contribution in [3.63, 3.8) is 0 Å². The fourth-order valence-corrected chi connectivity index (χ4v) is 1.90. The SMILES string of the molecule is NOc1ccc(CCNC(=O)OCc2ccccc2)cc1O. The maximum atomic E-state index is 11.6. The van der Waals surface area contributed by atoms with Gasteiger partial charge in [0.1, 0.15) is 6.61 Å². The maximum Gasteiger partial charge on any atom is 0.407 e. The van der Waals surface area contributed by atoms with Crippen LogP contribution in [0.15, 0.2) is 48.5 Å². The van der Waals surface area contributed by atoms with E-state index in [-0.39, 0.29) is 18.1 Å². The molecule has 0 heterocycles. The molecule has 6 heteroatoms. The lowest BCUT2D eigenvalue weighted by Crippen LogP contribution is -2.26. The van der Waals surface area contributed by atoms with Crippen molar-refractivity contribution in [2.75, 3.05) is 6.54 Å². The van der Waals surface area contributed by atoms with Gasteiger partial charge in [-0.25, -0.2) is 4.79 Å². The zero-order valence-corrected chi connectivity index (χ0v) is 12.0. The number of alkyl carbamates (subject to hydrolysis) is 1. The molecular formula is C16H18N2O4. The largest absolute Gasteiger partial charge is 0.504 e. The minimum absolute atomic E-state index is 0.0355. The van der Waals surface area contributed by atoms with Gasteiger partial charge in [-0.3, -0.25) is 0 Å². The molecule has 4 N–H and O–H groups in total. The van der Waals surface area contributed by atoms with Crippen LogP contribution in [-0.2, 0) is 17.8 Å². The fourth-order valence-electron chi connectivity index (χ4n) is 1.90. The second kappa shape index (κ2) is 7.90. The van der Waals surface area contributed by atoms with E-state index in [4.69, 9.17) is 10.6 Å². The molecule has 0 atom stereocenters. The molecule has 0 bridgehead atoms. The molecule has 22 heavy (non-hydrogen) atoms. The summed E-state index contributed by atoms with van der Waals surface area (Å²) in [6.45, 7) is 0.631. The predicted octanol–water partition coefficient (Wildman–Crippen LogP) is 2.11. The Hall–Kier alpha value is -2.73. The highest BCUT2D eigenvalue weighted by Crippen LogP contribution is 2.25. The van der Waals surface area contributed by atoms with Gasteiger partial charge in [-0.2, -0.15) is 5.90 Å². The minimum Gasteiger partial charge on any atom is -0.504 e. The Morgan fingerprint density at radius 3 is 2.59 bits per heavy atom. The number of carbonyl (C=O) groups excluding carboxylic acids is 1. The van der Waals surface area contributed by atoms with Crippen molar-refractivity contribution in [1.82, 2.24) is 5.32 Å². The van der Waals surface area contributed by atoms with Crippen molar-refractivity contribution in [2.45, 2.75) is 13.0 Å². The van der Waals surface area contributed by atoms with Crippen molar-refractivity contribution >= 4 is 6.09 Å². The van der Waals surface area contributed by atoms with Crippen molar-refractivity contribution in [2.24, 2.45) is 5.90 Å². The lowest BCUT2D eigenvalue weighted by atomic mass is 10.1. The van der Waals surface area contributed by atoms with Gasteiger partial charge >= 0.3 is 6.09 Å². The number of rotatable bonds is 6. The number of carbonyl (C=O) groups is 1. The van der Waals surface area contributed by atoms with Crippen molar-refractivity contribution in [3.05, 3.63) is 59.7 Å². The summed E-state index contributed by atoms with van der Waals surface area (Å²) < 4.78 is 5.09. The highest BCUT2D eigenvalue weighted by molar-refractivity contribution is 5.67. The van der Waals surface area contributed by atoms with Crippen molar-refractivity contribution in [1.29, 1.82) is 0 Å². The molecule has 0 saturated heterocycles. The topological polar surface area (TPSA) is 93.8 Å². The van der Waals surface area contributed by atoms with Crippen molar-refractivity contribution in [3.8, 4) is 11.5 Å². The highest BCUT2D eigenvalue weighted by atomic mass is 16.6. The van der Waals surface area contributed by atoms with Gasteiger partial charge in [-0.05, 0) is 29.7 Å². The van der Waals surface area contributed by atoms with Gasteiger partial charge in [0.2, 0.25) is 0 Å². The molecule has 2 rings (SSSR count). The van der Waals surface area contributed by atoms with E-state index in [1.807, 2.05) is 30.3 Å². The summed E-state index contributed by atoms with van der Waals surface area (Å²) >= 11 is 0. The first-order valence-electron chi connectivity index (χ1n) is 6.82. The molecule has 1 amide bonds. The molecule has 0 spiro atoms. The molecule has 0 radical (unpaired) electrons. The Balaban J connectivity index is 1.72. The molecule has 6 nitrogen and oxygen atoms in total. The second-order valence-corrected chi connectivity index (χ2v) is 4.66. The van der Waals surface area contributed by atoms with E-state index in [0.29, 0.717) is 13.0 Å². The number of aromatic hydroxyl groups is 1. The molecule has 0 unspecified atom stereocenters. The van der Waals surface area contributed by atoms with E-state index in [1.165, 1.54) is 0 Å². The normalized spacial score (nSPS) is 10.0. The number of nitrogens with one attached hydrogen (secondary N) is 1. The van der Waals surface area contributed by atoms with Gasteiger partial charge in [0.15, 0.2) is 11.5 Å². The smallest absolute Gasteiger partial charge is 0.407 e. The van der Waals surface area contributed by atoms with E-state index >= 15 is 0 Å². The third-order valence-corrected chi connectivity index (χ3v) is 3.05. The summed E-state index contributed by atoms with van der Waals surface area (Å²) in [7, 11) is 0. The number of hydrogen-bond acceptors (Lipinski definition) is 5. The van der Waals surface area contributed by atoms with Gasteiger partial charge in [-0.15, -0.1) is 0 Å². The summed E-state index contributed by atoms with van der Waals surface area (Å²) in [6, 6.07) is 14.3. The van der Waals surface area contributed by atoms with E-state index in [0.717, 1.165) is 11.1 Å². The fraction of sp³-hybridized carbons (Fsp3) is 0.188. The van der Waals surface area contributed by atoms with Gasteiger partial charge in [-0.1, -0.05) is 36.4 Å². The Morgan fingerprint density at radius 2 is 1.91 bits per heavy atom. The van der Waals surface area contributed by atoms with Gasteiger partial charge in [0.05, 0.1) is 0 Å². The number of nitrogens with two attached hydrogens (primary N) is 1. The number of ether oxygens (including phenoxy) is 1.